The first-order chi connectivity index (χ1) is 16.4. The summed E-state index contributed by atoms with van der Waals surface area (Å²) in [6, 6.07) is 14.0. The first kappa shape index (κ1) is 20.7. The number of aromatic nitrogens is 2. The molecule has 0 bridgehead atoms. The molecule has 7 heteroatoms. The molecule has 2 aromatic heterocycles. The predicted octanol–water partition coefficient (Wildman–Crippen LogP) is 3.67. The van der Waals surface area contributed by atoms with Gasteiger partial charge in [0.15, 0.2) is 5.54 Å². The molecule has 170 valence electrons. The molecule has 0 saturated carbocycles. The Kier molecular flexibility index (Phi) is 4.61. The SMILES string of the molecule is CC(C)(C#Cc1ccc2c(n1)Oc1ccc(-c3cccnc3)cc1C21COC(N)=N1)N1CCC1. The van der Waals surface area contributed by atoms with Gasteiger partial charge in [-0.05, 0) is 62.1 Å². The molecule has 1 atom stereocenters. The molecule has 6 rings (SSSR count). The predicted molar refractivity (Wildman–Crippen MR) is 129 cm³/mol. The number of benzene rings is 1. The van der Waals surface area contributed by atoms with Gasteiger partial charge in [0.1, 0.15) is 18.1 Å². The van der Waals surface area contributed by atoms with Gasteiger partial charge in [0, 0.05) is 36.6 Å². The molecule has 34 heavy (non-hydrogen) atoms. The minimum Gasteiger partial charge on any atom is -0.462 e. The molecule has 0 aliphatic carbocycles. The van der Waals surface area contributed by atoms with Gasteiger partial charge in [0.2, 0.25) is 5.88 Å². The average molecular weight is 452 g/mol. The lowest BCUT2D eigenvalue weighted by molar-refractivity contribution is 0.0955. The highest BCUT2D eigenvalue weighted by Crippen LogP contribution is 2.50. The van der Waals surface area contributed by atoms with Crippen LogP contribution in [0.2, 0.25) is 0 Å². The van der Waals surface area contributed by atoms with Crippen molar-refractivity contribution < 1.29 is 9.47 Å². The van der Waals surface area contributed by atoms with Gasteiger partial charge in [-0.25, -0.2) is 9.98 Å². The van der Waals surface area contributed by atoms with Crippen molar-refractivity contribution in [1.29, 1.82) is 0 Å². The monoisotopic (exact) mass is 451 g/mol. The number of nitrogens with two attached hydrogens (primary N) is 1. The van der Waals surface area contributed by atoms with Gasteiger partial charge >= 0.3 is 0 Å². The van der Waals surface area contributed by atoms with E-state index in [0.29, 0.717) is 17.3 Å². The second-order valence-corrected chi connectivity index (χ2v) is 9.35. The molecule has 1 aromatic carbocycles. The highest BCUT2D eigenvalue weighted by molar-refractivity contribution is 5.77. The molecular weight excluding hydrogens is 426 g/mol. The van der Waals surface area contributed by atoms with Gasteiger partial charge in [0.05, 0.1) is 11.1 Å². The van der Waals surface area contributed by atoms with E-state index >= 15 is 0 Å². The fourth-order valence-electron chi connectivity index (χ4n) is 4.69. The summed E-state index contributed by atoms with van der Waals surface area (Å²) in [5.74, 6) is 7.79. The largest absolute Gasteiger partial charge is 0.462 e. The van der Waals surface area contributed by atoms with Gasteiger partial charge in [-0.2, -0.15) is 0 Å². The van der Waals surface area contributed by atoms with Crippen molar-refractivity contribution in [3.05, 3.63) is 71.7 Å². The fourth-order valence-corrected chi connectivity index (χ4v) is 4.69. The van der Waals surface area contributed by atoms with E-state index in [2.05, 4.69) is 41.6 Å². The summed E-state index contributed by atoms with van der Waals surface area (Å²) in [5, 5.41) is 0. The van der Waals surface area contributed by atoms with E-state index in [0.717, 1.165) is 35.3 Å². The summed E-state index contributed by atoms with van der Waals surface area (Å²) in [6.07, 6.45) is 4.82. The van der Waals surface area contributed by atoms with Crippen molar-refractivity contribution in [3.8, 4) is 34.6 Å². The standard InChI is InChI=1S/C27H25N5O2/c1-26(2,32-13-4-14-32)11-10-20-7-8-21-24(30-20)34-23-9-6-18(19-5-3-12-29-16-19)15-22(23)27(21)17-33-25(28)31-27/h3,5-9,12,15-16H,4,13-14,17H2,1-2H3,(H2,28,31). The highest BCUT2D eigenvalue weighted by Gasteiger charge is 2.47. The summed E-state index contributed by atoms with van der Waals surface area (Å²) in [5.41, 5.74) is 9.39. The van der Waals surface area contributed by atoms with Crippen LogP contribution >= 0.6 is 0 Å². The van der Waals surface area contributed by atoms with Crippen LogP contribution in [-0.4, -0.2) is 46.1 Å². The summed E-state index contributed by atoms with van der Waals surface area (Å²) in [6.45, 7) is 6.75. The Balaban J connectivity index is 1.42. The van der Waals surface area contributed by atoms with E-state index in [4.69, 9.17) is 25.2 Å². The molecule has 1 spiro atoms. The zero-order chi connectivity index (χ0) is 23.3. The van der Waals surface area contributed by atoms with Crippen LogP contribution in [-0.2, 0) is 10.3 Å². The smallest absolute Gasteiger partial charge is 0.283 e. The molecule has 7 nitrogen and oxygen atoms in total. The van der Waals surface area contributed by atoms with Crippen LogP contribution < -0.4 is 10.5 Å². The number of aliphatic imine (C=N–C) groups is 1. The number of nitrogens with zero attached hydrogens (tertiary/aromatic N) is 4. The average Bonchev–Trinajstić information content (AvgIpc) is 3.19. The Morgan fingerprint density at radius 1 is 1.09 bits per heavy atom. The van der Waals surface area contributed by atoms with E-state index < -0.39 is 5.54 Å². The van der Waals surface area contributed by atoms with Gasteiger partial charge < -0.3 is 15.2 Å². The topological polar surface area (TPSA) is 85.9 Å². The van der Waals surface area contributed by atoms with Crippen LogP contribution in [0, 0.1) is 11.8 Å². The molecule has 3 aliphatic heterocycles. The Labute approximate surface area is 198 Å². The van der Waals surface area contributed by atoms with Crippen molar-refractivity contribution in [2.45, 2.75) is 31.3 Å². The third kappa shape index (κ3) is 3.30. The molecule has 3 aromatic rings. The van der Waals surface area contributed by atoms with E-state index in [-0.39, 0.29) is 18.2 Å². The van der Waals surface area contributed by atoms with Crippen LogP contribution in [0.25, 0.3) is 11.1 Å². The van der Waals surface area contributed by atoms with Crippen molar-refractivity contribution in [2.75, 3.05) is 19.7 Å². The van der Waals surface area contributed by atoms with Crippen LogP contribution in [0.5, 0.6) is 11.6 Å². The number of hydrogen-bond acceptors (Lipinski definition) is 7. The van der Waals surface area contributed by atoms with Crippen LogP contribution in [0.4, 0.5) is 0 Å². The first-order valence-corrected chi connectivity index (χ1v) is 11.5. The number of likely N-dealkylation sites (tertiary alicyclic amines) is 1. The number of pyridine rings is 2. The second-order valence-electron chi connectivity index (χ2n) is 9.35. The van der Waals surface area contributed by atoms with E-state index in [1.54, 1.807) is 6.20 Å². The number of rotatable bonds is 2. The summed E-state index contributed by atoms with van der Waals surface area (Å²) < 4.78 is 11.9. The maximum atomic E-state index is 6.27. The molecule has 0 amide bonds. The zero-order valence-corrected chi connectivity index (χ0v) is 19.2. The number of fused-ring (bicyclic) bond motifs is 4. The Morgan fingerprint density at radius 3 is 2.68 bits per heavy atom. The Hall–Kier alpha value is -3.89. The van der Waals surface area contributed by atoms with E-state index in [9.17, 15) is 0 Å². The quantitative estimate of drug-likeness (QED) is 0.599. The molecule has 1 fully saturated rings. The van der Waals surface area contributed by atoms with Crippen molar-refractivity contribution in [3.63, 3.8) is 0 Å². The summed E-state index contributed by atoms with van der Waals surface area (Å²) in [7, 11) is 0. The minimum atomic E-state index is -0.818. The van der Waals surface area contributed by atoms with Gasteiger partial charge in [-0.15, -0.1) is 0 Å². The molecule has 2 N–H and O–H groups in total. The molecule has 3 aliphatic rings. The minimum absolute atomic E-state index is 0.158. The van der Waals surface area contributed by atoms with E-state index in [1.165, 1.54) is 6.42 Å². The lowest BCUT2D eigenvalue weighted by atomic mass is 9.81. The number of amidine groups is 1. The van der Waals surface area contributed by atoms with E-state index in [1.807, 2.05) is 42.6 Å². The van der Waals surface area contributed by atoms with Gasteiger partial charge in [0.25, 0.3) is 6.02 Å². The molecule has 1 unspecified atom stereocenters. The molecule has 1 saturated heterocycles. The first-order valence-electron chi connectivity index (χ1n) is 11.5. The lowest BCUT2D eigenvalue weighted by Gasteiger charge is -2.41. The maximum Gasteiger partial charge on any atom is 0.283 e. The fraction of sp³-hybridized carbons (Fsp3) is 0.296. The second kappa shape index (κ2) is 7.57. The van der Waals surface area contributed by atoms with Crippen LogP contribution in [0.1, 0.15) is 37.1 Å². The van der Waals surface area contributed by atoms with Crippen LogP contribution in [0.15, 0.2) is 59.9 Å². The van der Waals surface area contributed by atoms with Crippen molar-refractivity contribution in [2.24, 2.45) is 10.7 Å². The maximum absolute atomic E-state index is 6.27. The van der Waals surface area contributed by atoms with Crippen LogP contribution in [0.3, 0.4) is 0 Å². The zero-order valence-electron chi connectivity index (χ0n) is 19.2. The number of ether oxygens (including phenoxy) is 2. The van der Waals surface area contributed by atoms with Gasteiger partial charge in [-0.1, -0.05) is 18.1 Å². The third-order valence-electron chi connectivity index (χ3n) is 6.81. The molecule has 5 heterocycles. The van der Waals surface area contributed by atoms with Crippen molar-refractivity contribution in [1.82, 2.24) is 14.9 Å². The van der Waals surface area contributed by atoms with Gasteiger partial charge in [-0.3, -0.25) is 9.88 Å². The molecule has 0 radical (unpaired) electrons. The van der Waals surface area contributed by atoms with Crippen molar-refractivity contribution >= 4 is 6.02 Å². The summed E-state index contributed by atoms with van der Waals surface area (Å²) >= 11 is 0. The Bertz CT molecular complexity index is 1370. The normalized spacial score (nSPS) is 20.7. The third-order valence-corrected chi connectivity index (χ3v) is 6.81. The lowest BCUT2D eigenvalue weighted by Crippen LogP contribution is -2.50. The number of hydrogen-bond donors (Lipinski definition) is 1. The molecular formula is C27H25N5O2. The summed E-state index contributed by atoms with van der Waals surface area (Å²) in [4.78, 5) is 16.1. The Morgan fingerprint density at radius 2 is 1.97 bits per heavy atom. The highest BCUT2D eigenvalue weighted by atomic mass is 16.5.